The van der Waals surface area contributed by atoms with Gasteiger partial charge in [-0.25, -0.2) is 26.4 Å². The van der Waals surface area contributed by atoms with Crippen molar-refractivity contribution in [1.82, 2.24) is 0 Å². The molecule has 11 nitrogen and oxygen atoms in total. The van der Waals surface area contributed by atoms with Gasteiger partial charge in [-0.2, -0.15) is 22.0 Å². The standard InChI is InChI=1S/C17H17F5NO10S2/c1-4-15(2,3)13(25)33-11-7-5-10(6-8-11)32-12(24)9-31-14(26)16(18,19)34(27,28)23-35(29,30)17(20,21)22/h5-8H,4,9H2,1-3H3/q-1. The predicted octanol–water partition coefficient (Wildman–Crippen LogP) is 2.62. The number of esters is 3. The molecule has 0 spiro atoms. The highest BCUT2D eigenvalue weighted by atomic mass is 32.3. The minimum atomic E-state index is -6.94. The van der Waals surface area contributed by atoms with E-state index in [1.165, 1.54) is 12.1 Å². The van der Waals surface area contributed by atoms with E-state index < -0.39 is 60.7 Å². The molecular weight excluding hydrogens is 537 g/mol. The Morgan fingerprint density at radius 1 is 0.829 bits per heavy atom. The van der Waals surface area contributed by atoms with Crippen LogP contribution in [-0.4, -0.2) is 52.1 Å². The van der Waals surface area contributed by atoms with Crippen LogP contribution in [0, 0.1) is 5.41 Å². The van der Waals surface area contributed by atoms with Crippen molar-refractivity contribution >= 4 is 38.0 Å². The molecule has 0 aromatic heterocycles. The molecule has 1 aromatic rings. The lowest BCUT2D eigenvalue weighted by atomic mass is 9.91. The number of rotatable bonds is 10. The van der Waals surface area contributed by atoms with Crippen LogP contribution in [0.1, 0.15) is 27.2 Å². The minimum Gasteiger partial charge on any atom is -0.448 e. The highest BCUT2D eigenvalue weighted by molar-refractivity contribution is 8.13. The average Bonchev–Trinajstić information content (AvgIpc) is 2.71. The maximum Gasteiger partial charge on any atom is 0.480 e. The fraction of sp³-hybridized carbons (Fsp3) is 0.471. The quantitative estimate of drug-likeness (QED) is 0.239. The maximum atomic E-state index is 13.7. The molecule has 0 amide bonds. The van der Waals surface area contributed by atoms with Crippen LogP contribution in [0.2, 0.25) is 0 Å². The highest BCUT2D eigenvalue weighted by Crippen LogP contribution is 2.36. The third kappa shape index (κ3) is 7.56. The summed E-state index contributed by atoms with van der Waals surface area (Å²) in [5, 5.41) is -5.89. The van der Waals surface area contributed by atoms with E-state index in [1.54, 1.807) is 20.8 Å². The molecule has 1 rings (SSSR count). The van der Waals surface area contributed by atoms with Gasteiger partial charge in [0.25, 0.3) is 0 Å². The fourth-order valence-corrected chi connectivity index (χ4v) is 3.67. The van der Waals surface area contributed by atoms with Gasteiger partial charge in [0.2, 0.25) is 0 Å². The van der Waals surface area contributed by atoms with Gasteiger partial charge in [0.15, 0.2) is 26.7 Å². The van der Waals surface area contributed by atoms with E-state index >= 15 is 0 Å². The first-order valence-corrected chi connectivity index (χ1v) is 11.9. The number of halogens is 5. The number of hydrogen-bond acceptors (Lipinski definition) is 10. The Labute approximate surface area is 195 Å². The molecule has 35 heavy (non-hydrogen) atoms. The molecule has 0 heterocycles. The summed E-state index contributed by atoms with van der Waals surface area (Å²) in [6.07, 6.45) is 0.479. The molecule has 0 saturated carbocycles. The summed E-state index contributed by atoms with van der Waals surface area (Å²) >= 11 is 0. The maximum absolute atomic E-state index is 13.7. The van der Waals surface area contributed by atoms with Crippen LogP contribution < -0.4 is 9.47 Å². The molecule has 198 valence electrons. The van der Waals surface area contributed by atoms with Gasteiger partial charge in [0.05, 0.1) is 5.41 Å². The average molecular weight is 554 g/mol. The van der Waals surface area contributed by atoms with Gasteiger partial charge < -0.3 is 18.3 Å². The first-order chi connectivity index (χ1) is 15.7. The number of ether oxygens (including phenoxy) is 3. The second-order valence-electron chi connectivity index (χ2n) is 7.14. The highest BCUT2D eigenvalue weighted by Gasteiger charge is 2.53. The Hall–Kier alpha value is -2.86. The Morgan fingerprint density at radius 3 is 1.71 bits per heavy atom. The number of alkyl halides is 5. The van der Waals surface area contributed by atoms with Gasteiger partial charge in [-0.15, -0.1) is 0 Å². The third-order valence-corrected chi connectivity index (χ3v) is 7.04. The molecule has 0 radical (unpaired) electrons. The number of carbonyl (C=O) groups excluding carboxylic acids is 3. The minimum absolute atomic E-state index is 0.0603. The van der Waals surface area contributed by atoms with E-state index in [2.05, 4.69) is 9.47 Å². The monoisotopic (exact) mass is 554 g/mol. The summed E-state index contributed by atoms with van der Waals surface area (Å²) in [6.45, 7) is 3.41. The Kier molecular flexibility index (Phi) is 8.97. The van der Waals surface area contributed by atoms with Gasteiger partial charge in [-0.1, -0.05) is 6.92 Å². The molecule has 1 aromatic carbocycles. The van der Waals surface area contributed by atoms with Gasteiger partial charge in [-0.3, -0.25) is 4.79 Å². The summed E-state index contributed by atoms with van der Waals surface area (Å²) < 4.78 is 122. The molecule has 0 unspecified atom stereocenters. The smallest absolute Gasteiger partial charge is 0.448 e. The molecule has 0 fully saturated rings. The first-order valence-electron chi connectivity index (χ1n) is 9.04. The van der Waals surface area contributed by atoms with Crippen molar-refractivity contribution in [3.8, 4) is 11.5 Å². The van der Waals surface area contributed by atoms with Crippen LogP contribution in [-0.2, 0) is 39.2 Å². The van der Waals surface area contributed by atoms with Crippen LogP contribution in [0.15, 0.2) is 24.3 Å². The van der Waals surface area contributed by atoms with E-state index in [0.717, 1.165) is 16.3 Å². The Bertz CT molecular complexity index is 1180. The van der Waals surface area contributed by atoms with E-state index in [9.17, 15) is 53.2 Å². The molecule has 0 saturated heterocycles. The molecule has 18 heteroatoms. The summed E-state index contributed by atoms with van der Waals surface area (Å²) in [5.41, 5.74) is -7.13. The third-order valence-electron chi connectivity index (χ3n) is 4.07. The summed E-state index contributed by atoms with van der Waals surface area (Å²) in [6, 6.07) is 4.59. The predicted molar refractivity (Wildman–Crippen MR) is 105 cm³/mol. The molecule has 0 aliphatic heterocycles. The number of carbonyl (C=O) groups is 3. The van der Waals surface area contributed by atoms with Crippen LogP contribution in [0.4, 0.5) is 22.0 Å². The second kappa shape index (κ2) is 10.4. The van der Waals surface area contributed by atoms with E-state index in [4.69, 9.17) is 4.74 Å². The van der Waals surface area contributed by atoms with Gasteiger partial charge in [0, 0.05) is 0 Å². The number of nitrogens with zero attached hydrogens (tertiary/aromatic N) is 1. The lowest BCUT2D eigenvalue weighted by Gasteiger charge is -2.26. The van der Waals surface area contributed by atoms with E-state index in [-0.39, 0.29) is 11.5 Å². The van der Waals surface area contributed by atoms with Crippen molar-refractivity contribution in [2.75, 3.05) is 6.61 Å². The molecule has 0 atom stereocenters. The Balaban J connectivity index is 2.76. The van der Waals surface area contributed by atoms with Crippen molar-refractivity contribution in [2.24, 2.45) is 5.41 Å². The topological polar surface area (TPSA) is 161 Å². The van der Waals surface area contributed by atoms with E-state index in [0.29, 0.717) is 6.42 Å². The SMILES string of the molecule is CCC(C)(C)C(=O)Oc1ccc(OC(=O)COC(=O)C(F)(F)S(=O)(=O)[N-]S(=O)(=O)C(F)(F)F)cc1. The zero-order valence-corrected chi connectivity index (χ0v) is 19.6. The first kappa shape index (κ1) is 30.2. The molecule has 0 aliphatic carbocycles. The number of hydrogen-bond donors (Lipinski definition) is 0. The summed E-state index contributed by atoms with van der Waals surface area (Å²) in [4.78, 5) is 35.0. The number of benzene rings is 1. The largest absolute Gasteiger partial charge is 0.480 e. The van der Waals surface area contributed by atoms with Crippen molar-refractivity contribution < 1.29 is 67.4 Å². The fourth-order valence-electron chi connectivity index (χ4n) is 1.66. The van der Waals surface area contributed by atoms with E-state index in [1.807, 2.05) is 0 Å². The van der Waals surface area contributed by atoms with Crippen molar-refractivity contribution in [2.45, 2.75) is 38.0 Å². The zero-order chi connectivity index (χ0) is 27.5. The summed E-state index contributed by atoms with van der Waals surface area (Å²) in [5.74, 6) is -5.38. The van der Waals surface area contributed by atoms with Crippen LogP contribution >= 0.6 is 0 Å². The number of sulfonamides is 2. The molecule has 0 N–H and O–H groups in total. The van der Waals surface area contributed by atoms with Crippen LogP contribution in [0.5, 0.6) is 11.5 Å². The molecular formula is C17H17F5NO10S2-. The zero-order valence-electron chi connectivity index (χ0n) is 18.0. The summed E-state index contributed by atoms with van der Waals surface area (Å²) in [7, 11) is -13.9. The molecule has 0 aliphatic rings. The van der Waals surface area contributed by atoms with Crippen LogP contribution in [0.3, 0.4) is 0 Å². The normalized spacial score (nSPS) is 13.1. The van der Waals surface area contributed by atoms with Gasteiger partial charge in [0.1, 0.15) is 11.5 Å². The van der Waals surface area contributed by atoms with Crippen LogP contribution in [0.25, 0.3) is 4.13 Å². The lowest BCUT2D eigenvalue weighted by molar-refractivity contribution is -0.166. The van der Waals surface area contributed by atoms with Gasteiger partial charge in [-0.05, 0) is 44.5 Å². The van der Waals surface area contributed by atoms with Crippen molar-refractivity contribution in [3.05, 3.63) is 28.4 Å². The lowest BCUT2D eigenvalue weighted by Crippen LogP contribution is -2.41. The second-order valence-corrected chi connectivity index (χ2v) is 10.6. The van der Waals surface area contributed by atoms with Crippen molar-refractivity contribution in [1.29, 1.82) is 0 Å². The Morgan fingerprint density at radius 2 is 1.29 bits per heavy atom. The van der Waals surface area contributed by atoms with Crippen molar-refractivity contribution in [3.63, 3.8) is 0 Å². The molecule has 0 bridgehead atoms. The van der Waals surface area contributed by atoms with Gasteiger partial charge >= 0.3 is 28.7 Å².